The molecular weight excluding hydrogens is 408 g/mol. The van der Waals surface area contributed by atoms with Gasteiger partial charge in [-0.1, -0.05) is 42.5 Å². The van der Waals surface area contributed by atoms with E-state index < -0.39 is 11.7 Å². The molecule has 1 saturated heterocycles. The van der Waals surface area contributed by atoms with Gasteiger partial charge in [0, 0.05) is 13.0 Å². The van der Waals surface area contributed by atoms with Crippen LogP contribution in [0, 0.1) is 0 Å². The molecule has 0 saturated carbocycles. The minimum Gasteiger partial charge on any atom is -0.489 e. The first kappa shape index (κ1) is 23.4. The van der Waals surface area contributed by atoms with Gasteiger partial charge in [-0.25, -0.2) is 9.59 Å². The molecule has 2 atom stereocenters. The molecule has 0 bridgehead atoms. The molecule has 2 aromatic rings. The van der Waals surface area contributed by atoms with Crippen LogP contribution in [0.5, 0.6) is 5.75 Å². The largest absolute Gasteiger partial charge is 0.489 e. The average molecular weight is 441 g/mol. The fraction of sp³-hybridized carbons (Fsp3) is 0.440. The van der Waals surface area contributed by atoms with Crippen molar-refractivity contribution < 1.29 is 23.8 Å². The van der Waals surface area contributed by atoms with Gasteiger partial charge in [-0.3, -0.25) is 0 Å². The maximum atomic E-state index is 12.2. The standard InChI is InChI=1S/C25H32N2O5/c1-18(26-23(28)30-17-19-8-6-5-7-9-19)20-10-12-21(13-11-20)31-22-14-15-27(16-22)24(29)32-25(2,3)4/h5-13,18,22H,14-17H2,1-4H3,(H,26,28)/t18-,22+/m0/s1. The van der Waals surface area contributed by atoms with Crippen LogP contribution in [0.3, 0.4) is 0 Å². The lowest BCUT2D eigenvalue weighted by atomic mass is 10.1. The maximum Gasteiger partial charge on any atom is 0.410 e. The third-order valence-corrected chi connectivity index (χ3v) is 5.03. The van der Waals surface area contributed by atoms with Crippen molar-refractivity contribution in [3.05, 3.63) is 65.7 Å². The maximum absolute atomic E-state index is 12.2. The molecule has 0 spiro atoms. The lowest BCUT2D eigenvalue weighted by Crippen LogP contribution is -2.36. The molecular formula is C25H32N2O5. The lowest BCUT2D eigenvalue weighted by Gasteiger charge is -2.24. The number of carbonyl (C=O) groups is 2. The van der Waals surface area contributed by atoms with E-state index in [-0.39, 0.29) is 24.8 Å². The molecule has 0 aliphatic carbocycles. The van der Waals surface area contributed by atoms with E-state index >= 15 is 0 Å². The molecule has 1 N–H and O–H groups in total. The number of benzene rings is 2. The zero-order valence-corrected chi connectivity index (χ0v) is 19.2. The highest BCUT2D eigenvalue weighted by Gasteiger charge is 2.30. The second-order valence-electron chi connectivity index (χ2n) is 8.95. The van der Waals surface area contributed by atoms with Gasteiger partial charge < -0.3 is 24.4 Å². The van der Waals surface area contributed by atoms with Crippen LogP contribution in [0.1, 0.15) is 51.3 Å². The SMILES string of the molecule is C[C@H](NC(=O)OCc1ccccc1)c1ccc(O[C@@H]2CCN(C(=O)OC(C)(C)C)C2)cc1. The van der Waals surface area contributed by atoms with Gasteiger partial charge in [-0.15, -0.1) is 0 Å². The number of nitrogens with zero attached hydrogens (tertiary/aromatic N) is 1. The Labute approximate surface area is 189 Å². The van der Waals surface area contributed by atoms with E-state index in [2.05, 4.69) is 5.32 Å². The Morgan fingerprint density at radius 1 is 1.09 bits per heavy atom. The van der Waals surface area contributed by atoms with E-state index in [0.717, 1.165) is 23.3 Å². The monoisotopic (exact) mass is 440 g/mol. The second kappa shape index (κ2) is 10.4. The fourth-order valence-electron chi connectivity index (χ4n) is 3.37. The summed E-state index contributed by atoms with van der Waals surface area (Å²) in [4.78, 5) is 25.9. The zero-order valence-electron chi connectivity index (χ0n) is 19.2. The number of alkyl carbamates (subject to hydrolysis) is 1. The number of hydrogen-bond donors (Lipinski definition) is 1. The van der Waals surface area contributed by atoms with Crippen molar-refractivity contribution in [2.45, 2.75) is 58.5 Å². The number of nitrogens with one attached hydrogen (secondary N) is 1. The summed E-state index contributed by atoms with van der Waals surface area (Å²) in [6.45, 7) is 8.81. The molecule has 1 heterocycles. The predicted molar refractivity (Wildman–Crippen MR) is 121 cm³/mol. The summed E-state index contributed by atoms with van der Waals surface area (Å²) in [6.07, 6.45) is -0.0867. The first-order chi connectivity index (χ1) is 15.2. The second-order valence-corrected chi connectivity index (χ2v) is 8.95. The highest BCUT2D eigenvalue weighted by molar-refractivity contribution is 5.68. The van der Waals surface area contributed by atoms with Gasteiger partial charge in [0.15, 0.2) is 0 Å². The van der Waals surface area contributed by atoms with Crippen molar-refractivity contribution in [1.29, 1.82) is 0 Å². The van der Waals surface area contributed by atoms with E-state index in [4.69, 9.17) is 14.2 Å². The summed E-state index contributed by atoms with van der Waals surface area (Å²) in [6, 6.07) is 16.9. The average Bonchev–Trinajstić information content (AvgIpc) is 3.21. The summed E-state index contributed by atoms with van der Waals surface area (Å²) in [5.41, 5.74) is 1.37. The molecule has 7 heteroatoms. The number of ether oxygens (including phenoxy) is 3. The summed E-state index contributed by atoms with van der Waals surface area (Å²) in [5, 5.41) is 2.84. The minimum absolute atomic E-state index is 0.0723. The first-order valence-electron chi connectivity index (χ1n) is 10.9. The molecule has 32 heavy (non-hydrogen) atoms. The lowest BCUT2D eigenvalue weighted by molar-refractivity contribution is 0.0275. The summed E-state index contributed by atoms with van der Waals surface area (Å²) in [5.74, 6) is 0.726. The molecule has 0 unspecified atom stereocenters. The van der Waals surface area contributed by atoms with Crippen LogP contribution in [0.4, 0.5) is 9.59 Å². The van der Waals surface area contributed by atoms with Crippen molar-refractivity contribution in [2.24, 2.45) is 0 Å². The highest BCUT2D eigenvalue weighted by Crippen LogP contribution is 2.22. The Balaban J connectivity index is 1.44. The molecule has 2 aromatic carbocycles. The Bertz CT molecular complexity index is 893. The van der Waals surface area contributed by atoms with Crippen LogP contribution in [-0.4, -0.2) is 41.9 Å². The van der Waals surface area contributed by atoms with Crippen molar-refractivity contribution >= 4 is 12.2 Å². The van der Waals surface area contributed by atoms with Crippen LogP contribution in [0.25, 0.3) is 0 Å². The van der Waals surface area contributed by atoms with Crippen LogP contribution in [0.15, 0.2) is 54.6 Å². The van der Waals surface area contributed by atoms with Crippen molar-refractivity contribution in [3.63, 3.8) is 0 Å². The van der Waals surface area contributed by atoms with Gasteiger partial charge >= 0.3 is 12.2 Å². The molecule has 0 aromatic heterocycles. The number of rotatable bonds is 6. The Kier molecular flexibility index (Phi) is 7.62. The van der Waals surface area contributed by atoms with E-state index in [1.54, 1.807) is 4.90 Å². The summed E-state index contributed by atoms with van der Waals surface area (Å²) < 4.78 is 16.7. The Morgan fingerprint density at radius 3 is 2.44 bits per heavy atom. The topological polar surface area (TPSA) is 77.1 Å². The van der Waals surface area contributed by atoms with Gasteiger partial charge in [0.05, 0.1) is 12.6 Å². The molecule has 1 fully saturated rings. The third-order valence-electron chi connectivity index (χ3n) is 5.03. The van der Waals surface area contributed by atoms with E-state index in [1.807, 2.05) is 82.3 Å². The molecule has 7 nitrogen and oxygen atoms in total. The number of amides is 2. The first-order valence-corrected chi connectivity index (χ1v) is 10.9. The molecule has 0 radical (unpaired) electrons. The van der Waals surface area contributed by atoms with Crippen molar-refractivity contribution in [2.75, 3.05) is 13.1 Å². The third kappa shape index (κ3) is 7.18. The van der Waals surface area contributed by atoms with Crippen molar-refractivity contribution in [1.82, 2.24) is 10.2 Å². The number of hydrogen-bond acceptors (Lipinski definition) is 5. The molecule has 2 amide bonds. The van der Waals surface area contributed by atoms with Gasteiger partial charge in [0.2, 0.25) is 0 Å². The minimum atomic E-state index is -0.509. The molecule has 1 aliphatic heterocycles. The molecule has 1 aliphatic rings. The van der Waals surface area contributed by atoms with E-state index in [1.165, 1.54) is 0 Å². The number of likely N-dealkylation sites (tertiary alicyclic amines) is 1. The van der Waals surface area contributed by atoms with Crippen LogP contribution in [0.2, 0.25) is 0 Å². The van der Waals surface area contributed by atoms with Gasteiger partial charge in [-0.2, -0.15) is 0 Å². The van der Waals surface area contributed by atoms with Crippen LogP contribution < -0.4 is 10.1 Å². The van der Waals surface area contributed by atoms with Crippen LogP contribution >= 0.6 is 0 Å². The Hall–Kier alpha value is -3.22. The normalized spacial score (nSPS) is 16.9. The van der Waals surface area contributed by atoms with Gasteiger partial charge in [0.25, 0.3) is 0 Å². The van der Waals surface area contributed by atoms with Gasteiger partial charge in [0.1, 0.15) is 24.1 Å². The fourth-order valence-corrected chi connectivity index (χ4v) is 3.37. The Morgan fingerprint density at radius 2 is 1.78 bits per heavy atom. The predicted octanol–water partition coefficient (Wildman–Crippen LogP) is 5.06. The summed E-state index contributed by atoms with van der Waals surface area (Å²) >= 11 is 0. The smallest absolute Gasteiger partial charge is 0.410 e. The van der Waals surface area contributed by atoms with Crippen molar-refractivity contribution in [3.8, 4) is 5.75 Å². The number of carbonyl (C=O) groups excluding carboxylic acids is 2. The molecule has 172 valence electrons. The van der Waals surface area contributed by atoms with Gasteiger partial charge in [-0.05, 0) is 51.0 Å². The zero-order chi connectivity index (χ0) is 23.1. The molecule has 3 rings (SSSR count). The summed E-state index contributed by atoms with van der Waals surface area (Å²) in [7, 11) is 0. The van der Waals surface area contributed by atoms with Crippen LogP contribution in [-0.2, 0) is 16.1 Å². The quantitative estimate of drug-likeness (QED) is 0.679. The highest BCUT2D eigenvalue weighted by atomic mass is 16.6. The van der Waals surface area contributed by atoms with E-state index in [0.29, 0.717) is 13.1 Å². The van der Waals surface area contributed by atoms with E-state index in [9.17, 15) is 9.59 Å².